The van der Waals surface area contributed by atoms with Crippen molar-refractivity contribution in [3.8, 4) is 5.88 Å². The molecular weight excluding hydrogens is 330 g/mol. The average Bonchev–Trinajstić information content (AvgIpc) is 2.38. The van der Waals surface area contributed by atoms with E-state index in [0.29, 0.717) is 29.0 Å². The smallest absolute Gasteiger partial charge is 0.239 e. The van der Waals surface area contributed by atoms with Gasteiger partial charge < -0.3 is 15.8 Å². The number of rotatable bonds is 4. The molecule has 4 nitrogen and oxygen atoms in total. The number of anilines is 3. The predicted molar refractivity (Wildman–Crippen MR) is 82.3 cm³/mol. The van der Waals surface area contributed by atoms with Crippen LogP contribution in [0.15, 0.2) is 34.8 Å². The largest absolute Gasteiger partial charge is 0.476 e. The van der Waals surface area contributed by atoms with E-state index in [2.05, 4.69) is 26.2 Å². The van der Waals surface area contributed by atoms with Gasteiger partial charge in [0.25, 0.3) is 0 Å². The van der Waals surface area contributed by atoms with Gasteiger partial charge in [0, 0.05) is 9.50 Å². The van der Waals surface area contributed by atoms with Crippen LogP contribution in [0.25, 0.3) is 0 Å². The molecule has 1 heterocycles. The van der Waals surface area contributed by atoms with Crippen molar-refractivity contribution in [3.05, 3.63) is 39.8 Å². The normalized spacial score (nSPS) is 10.3. The molecule has 0 amide bonds. The summed E-state index contributed by atoms with van der Waals surface area (Å²) in [5.74, 6) is 1.06. The standard InChI is InChI=1S/C13H13BrClN3O/c1-2-19-13-10(16)5-6-12(18-13)17-11-7-8(15)3-4-9(11)14/h3-7H,2,16H2,1H3,(H,17,18). The minimum atomic E-state index is 0.422. The number of nitrogens with two attached hydrogens (primary N) is 1. The summed E-state index contributed by atoms with van der Waals surface area (Å²) in [5, 5.41) is 3.81. The van der Waals surface area contributed by atoms with Gasteiger partial charge in [-0.05, 0) is 53.2 Å². The van der Waals surface area contributed by atoms with Crippen LogP contribution in [0.5, 0.6) is 5.88 Å². The number of ether oxygens (including phenoxy) is 1. The second kappa shape index (κ2) is 6.12. The molecule has 100 valence electrons. The molecule has 0 spiro atoms. The summed E-state index contributed by atoms with van der Waals surface area (Å²) in [4.78, 5) is 4.31. The Morgan fingerprint density at radius 1 is 1.37 bits per heavy atom. The van der Waals surface area contributed by atoms with Gasteiger partial charge in [-0.2, -0.15) is 4.98 Å². The maximum Gasteiger partial charge on any atom is 0.239 e. The van der Waals surface area contributed by atoms with E-state index in [-0.39, 0.29) is 0 Å². The SMILES string of the molecule is CCOc1nc(Nc2cc(Cl)ccc2Br)ccc1N. The van der Waals surface area contributed by atoms with Crippen molar-refractivity contribution in [3.63, 3.8) is 0 Å². The molecule has 2 aromatic rings. The molecule has 0 fully saturated rings. The summed E-state index contributed by atoms with van der Waals surface area (Å²) in [5.41, 5.74) is 7.12. The van der Waals surface area contributed by atoms with E-state index in [0.717, 1.165) is 10.2 Å². The third-order valence-electron chi connectivity index (χ3n) is 2.36. The first-order valence-corrected chi connectivity index (χ1v) is 6.88. The number of hydrogen-bond donors (Lipinski definition) is 2. The molecule has 0 aliphatic rings. The molecule has 0 aliphatic carbocycles. The monoisotopic (exact) mass is 341 g/mol. The van der Waals surface area contributed by atoms with Gasteiger partial charge in [0.05, 0.1) is 18.0 Å². The molecule has 2 rings (SSSR count). The quantitative estimate of drug-likeness (QED) is 0.873. The molecule has 3 N–H and O–H groups in total. The lowest BCUT2D eigenvalue weighted by atomic mass is 10.3. The number of benzene rings is 1. The van der Waals surface area contributed by atoms with E-state index in [4.69, 9.17) is 22.1 Å². The number of nitrogens with one attached hydrogen (secondary N) is 1. The Labute approximate surface area is 125 Å². The third-order valence-corrected chi connectivity index (χ3v) is 3.29. The van der Waals surface area contributed by atoms with E-state index in [1.807, 2.05) is 19.1 Å². The zero-order chi connectivity index (χ0) is 13.8. The highest BCUT2D eigenvalue weighted by Crippen LogP contribution is 2.29. The lowest BCUT2D eigenvalue weighted by Gasteiger charge is -2.11. The highest BCUT2D eigenvalue weighted by Gasteiger charge is 2.06. The van der Waals surface area contributed by atoms with Crippen LogP contribution in [0.3, 0.4) is 0 Å². The Kier molecular flexibility index (Phi) is 4.50. The van der Waals surface area contributed by atoms with Gasteiger partial charge >= 0.3 is 0 Å². The molecule has 1 aromatic heterocycles. The summed E-state index contributed by atoms with van der Waals surface area (Å²) in [7, 11) is 0. The van der Waals surface area contributed by atoms with Crippen LogP contribution in [0, 0.1) is 0 Å². The Balaban J connectivity index is 2.28. The molecular formula is C13H13BrClN3O. The van der Waals surface area contributed by atoms with Gasteiger partial charge in [-0.3, -0.25) is 0 Å². The number of nitrogen functional groups attached to an aromatic ring is 1. The predicted octanol–water partition coefficient (Wildman–Crippen LogP) is 4.22. The van der Waals surface area contributed by atoms with Gasteiger partial charge in [0.1, 0.15) is 5.82 Å². The highest BCUT2D eigenvalue weighted by molar-refractivity contribution is 9.10. The molecule has 1 aromatic carbocycles. The Bertz CT molecular complexity index is 592. The summed E-state index contributed by atoms with van der Waals surface area (Å²) in [6.07, 6.45) is 0. The maximum atomic E-state index is 5.96. The van der Waals surface area contributed by atoms with E-state index in [1.54, 1.807) is 18.2 Å². The summed E-state index contributed by atoms with van der Waals surface area (Å²) in [6, 6.07) is 9.01. The lowest BCUT2D eigenvalue weighted by Crippen LogP contribution is -2.02. The van der Waals surface area contributed by atoms with Gasteiger partial charge in [-0.15, -0.1) is 0 Å². The van der Waals surface area contributed by atoms with Crippen LogP contribution in [0.2, 0.25) is 5.02 Å². The lowest BCUT2D eigenvalue weighted by molar-refractivity contribution is 0.329. The Morgan fingerprint density at radius 2 is 2.16 bits per heavy atom. The van der Waals surface area contributed by atoms with Crippen molar-refractivity contribution in [2.24, 2.45) is 0 Å². The van der Waals surface area contributed by atoms with Crippen molar-refractivity contribution in [1.82, 2.24) is 4.98 Å². The first kappa shape index (κ1) is 14.0. The highest BCUT2D eigenvalue weighted by atomic mass is 79.9. The van der Waals surface area contributed by atoms with Crippen molar-refractivity contribution < 1.29 is 4.74 Å². The zero-order valence-corrected chi connectivity index (χ0v) is 12.6. The van der Waals surface area contributed by atoms with E-state index in [1.165, 1.54) is 0 Å². The number of aromatic nitrogens is 1. The molecule has 0 saturated carbocycles. The molecule has 0 atom stereocenters. The number of hydrogen-bond acceptors (Lipinski definition) is 4. The van der Waals surface area contributed by atoms with Crippen LogP contribution < -0.4 is 15.8 Å². The van der Waals surface area contributed by atoms with Crippen LogP contribution in [0.1, 0.15) is 6.92 Å². The van der Waals surface area contributed by atoms with E-state index >= 15 is 0 Å². The first-order chi connectivity index (χ1) is 9.10. The molecule has 0 bridgehead atoms. The van der Waals surface area contributed by atoms with E-state index < -0.39 is 0 Å². The maximum absolute atomic E-state index is 5.96. The third kappa shape index (κ3) is 3.52. The van der Waals surface area contributed by atoms with Gasteiger partial charge in [-0.1, -0.05) is 11.6 Å². The van der Waals surface area contributed by atoms with Crippen LogP contribution >= 0.6 is 27.5 Å². The number of nitrogens with zero attached hydrogens (tertiary/aromatic N) is 1. The number of halogens is 2. The average molecular weight is 343 g/mol. The fourth-order valence-electron chi connectivity index (χ4n) is 1.50. The Hall–Kier alpha value is -1.46. The number of pyridine rings is 1. The van der Waals surface area contributed by atoms with Crippen LogP contribution in [-0.4, -0.2) is 11.6 Å². The zero-order valence-electron chi connectivity index (χ0n) is 10.3. The fraction of sp³-hybridized carbons (Fsp3) is 0.154. The molecule has 0 radical (unpaired) electrons. The molecule has 0 aliphatic heterocycles. The molecule has 19 heavy (non-hydrogen) atoms. The van der Waals surface area contributed by atoms with Crippen molar-refractivity contribution in [2.45, 2.75) is 6.92 Å². The van der Waals surface area contributed by atoms with Gasteiger partial charge in [0.2, 0.25) is 5.88 Å². The fourth-order valence-corrected chi connectivity index (χ4v) is 2.02. The molecule has 0 unspecified atom stereocenters. The van der Waals surface area contributed by atoms with Crippen molar-refractivity contribution in [2.75, 3.05) is 17.7 Å². The summed E-state index contributed by atoms with van der Waals surface area (Å²) >= 11 is 9.41. The summed E-state index contributed by atoms with van der Waals surface area (Å²) < 4.78 is 6.25. The van der Waals surface area contributed by atoms with Gasteiger partial charge in [-0.25, -0.2) is 0 Å². The van der Waals surface area contributed by atoms with Crippen molar-refractivity contribution in [1.29, 1.82) is 0 Å². The second-order valence-electron chi connectivity index (χ2n) is 3.77. The van der Waals surface area contributed by atoms with Gasteiger partial charge in [0.15, 0.2) is 0 Å². The van der Waals surface area contributed by atoms with Crippen LogP contribution in [0.4, 0.5) is 17.2 Å². The minimum absolute atomic E-state index is 0.422. The van der Waals surface area contributed by atoms with E-state index in [9.17, 15) is 0 Å². The van der Waals surface area contributed by atoms with Crippen molar-refractivity contribution >= 4 is 44.7 Å². The summed E-state index contributed by atoms with van der Waals surface area (Å²) in [6.45, 7) is 2.40. The second-order valence-corrected chi connectivity index (χ2v) is 5.06. The first-order valence-electron chi connectivity index (χ1n) is 5.71. The molecule has 6 heteroatoms. The topological polar surface area (TPSA) is 60.2 Å². The molecule has 0 saturated heterocycles. The Morgan fingerprint density at radius 3 is 2.89 bits per heavy atom. The minimum Gasteiger partial charge on any atom is -0.476 e. The van der Waals surface area contributed by atoms with Crippen LogP contribution in [-0.2, 0) is 0 Å².